The van der Waals surface area contributed by atoms with Crippen LogP contribution in [-0.4, -0.2) is 29.2 Å². The lowest BCUT2D eigenvalue weighted by atomic mass is 9.92. The van der Waals surface area contributed by atoms with Crippen LogP contribution in [0.1, 0.15) is 40.0 Å². The molecule has 5 heteroatoms. The third-order valence-electron chi connectivity index (χ3n) is 3.91. The summed E-state index contributed by atoms with van der Waals surface area (Å²) in [4.78, 5) is 10.8. The van der Waals surface area contributed by atoms with Crippen molar-refractivity contribution in [2.45, 2.75) is 46.1 Å². The maximum Gasteiger partial charge on any atom is 0.242 e. The Kier molecular flexibility index (Phi) is 4.45. The number of piperidine rings is 1. The molecule has 2 heterocycles. The second-order valence-corrected chi connectivity index (χ2v) is 5.32. The fraction of sp³-hybridized carbons (Fsp3) is 0.714. The van der Waals surface area contributed by atoms with E-state index in [1.165, 1.54) is 12.8 Å². The van der Waals surface area contributed by atoms with Gasteiger partial charge < -0.3 is 15.4 Å². The zero-order valence-corrected chi connectivity index (χ0v) is 12.1. The molecule has 0 radical (unpaired) electrons. The normalized spacial score (nSPS) is 23.4. The molecule has 1 aliphatic rings. The summed E-state index contributed by atoms with van der Waals surface area (Å²) < 4.78 is 5.58. The van der Waals surface area contributed by atoms with Crippen molar-refractivity contribution < 1.29 is 4.74 Å². The Morgan fingerprint density at radius 3 is 2.95 bits per heavy atom. The van der Waals surface area contributed by atoms with Gasteiger partial charge in [0.25, 0.3) is 0 Å². The molecular formula is C14H24N4O. The molecule has 2 N–H and O–H groups in total. The van der Waals surface area contributed by atoms with E-state index in [4.69, 9.17) is 10.5 Å². The van der Waals surface area contributed by atoms with E-state index >= 15 is 0 Å². The highest BCUT2D eigenvalue weighted by molar-refractivity contribution is 5.68. The lowest BCUT2D eigenvalue weighted by molar-refractivity contribution is 0.306. The van der Waals surface area contributed by atoms with Gasteiger partial charge in [-0.05, 0) is 32.1 Å². The molecule has 19 heavy (non-hydrogen) atoms. The largest absolute Gasteiger partial charge is 0.476 e. The minimum absolute atomic E-state index is 0.449. The summed E-state index contributed by atoms with van der Waals surface area (Å²) in [6, 6.07) is 0.449. The first-order valence-corrected chi connectivity index (χ1v) is 7.15. The zero-order chi connectivity index (χ0) is 13.8. The van der Waals surface area contributed by atoms with Gasteiger partial charge in [0.15, 0.2) is 5.82 Å². The van der Waals surface area contributed by atoms with E-state index in [0.717, 1.165) is 18.8 Å². The van der Waals surface area contributed by atoms with E-state index in [0.29, 0.717) is 30.1 Å². The van der Waals surface area contributed by atoms with Gasteiger partial charge in [-0.2, -0.15) is 4.98 Å². The van der Waals surface area contributed by atoms with Crippen LogP contribution in [0.3, 0.4) is 0 Å². The van der Waals surface area contributed by atoms with Crippen molar-refractivity contribution in [3.8, 4) is 5.88 Å². The van der Waals surface area contributed by atoms with Crippen molar-refractivity contribution in [2.75, 3.05) is 23.8 Å². The van der Waals surface area contributed by atoms with Gasteiger partial charge in [0.2, 0.25) is 5.88 Å². The predicted molar refractivity (Wildman–Crippen MR) is 77.4 cm³/mol. The molecule has 1 fully saturated rings. The van der Waals surface area contributed by atoms with Crippen molar-refractivity contribution in [2.24, 2.45) is 5.92 Å². The van der Waals surface area contributed by atoms with Gasteiger partial charge >= 0.3 is 0 Å². The first-order valence-electron chi connectivity index (χ1n) is 7.15. The van der Waals surface area contributed by atoms with Crippen LogP contribution >= 0.6 is 0 Å². The standard InChI is InChI=1S/C14H24N4O/c1-4-8-19-14-12(15)13(16-9-17-14)18-7-5-6-10(2)11(18)3/h9-11H,4-8,15H2,1-3H3. The molecule has 2 rings (SSSR count). The van der Waals surface area contributed by atoms with E-state index in [2.05, 4.69) is 35.6 Å². The molecule has 0 aliphatic carbocycles. The first kappa shape index (κ1) is 13.9. The summed E-state index contributed by atoms with van der Waals surface area (Å²) in [6.07, 6.45) is 4.93. The lowest BCUT2D eigenvalue weighted by Gasteiger charge is -2.39. The number of anilines is 2. The fourth-order valence-corrected chi connectivity index (χ4v) is 2.55. The van der Waals surface area contributed by atoms with Crippen molar-refractivity contribution in [3.05, 3.63) is 6.33 Å². The highest BCUT2D eigenvalue weighted by Crippen LogP contribution is 2.33. The zero-order valence-electron chi connectivity index (χ0n) is 12.1. The molecular weight excluding hydrogens is 240 g/mol. The molecule has 0 spiro atoms. The molecule has 5 nitrogen and oxygen atoms in total. The average Bonchev–Trinajstić information content (AvgIpc) is 2.41. The molecule has 106 valence electrons. The summed E-state index contributed by atoms with van der Waals surface area (Å²) in [6.45, 7) is 8.21. The van der Waals surface area contributed by atoms with Gasteiger partial charge in [-0.3, -0.25) is 0 Å². The molecule has 0 aromatic carbocycles. The number of nitrogen functional groups attached to an aromatic ring is 1. The van der Waals surface area contributed by atoms with Crippen molar-refractivity contribution in [1.82, 2.24) is 9.97 Å². The minimum atomic E-state index is 0.449. The fourth-order valence-electron chi connectivity index (χ4n) is 2.55. The van der Waals surface area contributed by atoms with E-state index in [1.54, 1.807) is 6.33 Å². The minimum Gasteiger partial charge on any atom is -0.476 e. The lowest BCUT2D eigenvalue weighted by Crippen LogP contribution is -2.43. The Bertz CT molecular complexity index is 424. The number of aromatic nitrogens is 2. The Hall–Kier alpha value is -1.52. The second kappa shape index (κ2) is 6.08. The highest BCUT2D eigenvalue weighted by Gasteiger charge is 2.28. The Morgan fingerprint density at radius 2 is 2.21 bits per heavy atom. The quantitative estimate of drug-likeness (QED) is 0.905. The summed E-state index contributed by atoms with van der Waals surface area (Å²) in [5.74, 6) is 1.99. The van der Waals surface area contributed by atoms with Gasteiger partial charge in [-0.25, -0.2) is 4.98 Å². The van der Waals surface area contributed by atoms with Crippen LogP contribution in [0.5, 0.6) is 5.88 Å². The van der Waals surface area contributed by atoms with Gasteiger partial charge in [0.1, 0.15) is 12.0 Å². The van der Waals surface area contributed by atoms with E-state index in [9.17, 15) is 0 Å². The van der Waals surface area contributed by atoms with Crippen molar-refractivity contribution >= 4 is 11.5 Å². The topological polar surface area (TPSA) is 64.3 Å². The summed E-state index contributed by atoms with van der Waals surface area (Å²) >= 11 is 0. The Morgan fingerprint density at radius 1 is 1.42 bits per heavy atom. The van der Waals surface area contributed by atoms with Gasteiger partial charge in [0, 0.05) is 12.6 Å². The van der Waals surface area contributed by atoms with Crippen LogP contribution in [0.25, 0.3) is 0 Å². The molecule has 1 aromatic rings. The number of hydrogen-bond acceptors (Lipinski definition) is 5. The van der Waals surface area contributed by atoms with Crippen LogP contribution in [0.15, 0.2) is 6.33 Å². The van der Waals surface area contributed by atoms with E-state index in [-0.39, 0.29) is 0 Å². The number of rotatable bonds is 4. The number of hydrogen-bond donors (Lipinski definition) is 1. The molecule has 0 amide bonds. The highest BCUT2D eigenvalue weighted by atomic mass is 16.5. The van der Waals surface area contributed by atoms with Gasteiger partial charge in [-0.1, -0.05) is 13.8 Å². The van der Waals surface area contributed by atoms with E-state index < -0.39 is 0 Å². The van der Waals surface area contributed by atoms with Gasteiger partial charge in [0.05, 0.1) is 6.61 Å². The van der Waals surface area contributed by atoms with Crippen LogP contribution in [0.4, 0.5) is 11.5 Å². The molecule has 1 aromatic heterocycles. The molecule has 2 unspecified atom stereocenters. The van der Waals surface area contributed by atoms with Crippen molar-refractivity contribution in [1.29, 1.82) is 0 Å². The third kappa shape index (κ3) is 2.91. The maximum absolute atomic E-state index is 6.17. The van der Waals surface area contributed by atoms with E-state index in [1.807, 2.05) is 0 Å². The molecule has 0 bridgehead atoms. The molecule has 1 aliphatic heterocycles. The summed E-state index contributed by atoms with van der Waals surface area (Å²) in [5.41, 5.74) is 6.74. The van der Waals surface area contributed by atoms with Gasteiger partial charge in [-0.15, -0.1) is 0 Å². The van der Waals surface area contributed by atoms with Crippen molar-refractivity contribution in [3.63, 3.8) is 0 Å². The first-order chi connectivity index (χ1) is 9.15. The second-order valence-electron chi connectivity index (χ2n) is 5.32. The predicted octanol–water partition coefficient (Wildman–Crippen LogP) is 2.47. The Balaban J connectivity index is 2.24. The maximum atomic E-state index is 6.17. The van der Waals surface area contributed by atoms with Crippen LogP contribution < -0.4 is 15.4 Å². The van der Waals surface area contributed by atoms with Crippen LogP contribution in [-0.2, 0) is 0 Å². The van der Waals surface area contributed by atoms with Crippen LogP contribution in [0.2, 0.25) is 0 Å². The smallest absolute Gasteiger partial charge is 0.242 e. The summed E-state index contributed by atoms with van der Waals surface area (Å²) in [5, 5.41) is 0. The molecule has 2 atom stereocenters. The number of ether oxygens (including phenoxy) is 1. The summed E-state index contributed by atoms with van der Waals surface area (Å²) in [7, 11) is 0. The van der Waals surface area contributed by atoms with Crippen LogP contribution in [0, 0.1) is 5.92 Å². The molecule has 0 saturated carbocycles. The number of nitrogens with two attached hydrogens (primary N) is 1. The SMILES string of the molecule is CCCOc1ncnc(N2CCCC(C)C2C)c1N. The Labute approximate surface area is 115 Å². The third-order valence-corrected chi connectivity index (χ3v) is 3.91. The number of nitrogens with zero attached hydrogens (tertiary/aromatic N) is 3. The average molecular weight is 264 g/mol. The molecule has 1 saturated heterocycles. The monoisotopic (exact) mass is 264 g/mol.